The van der Waals surface area contributed by atoms with Crippen molar-refractivity contribution in [3.8, 4) is 11.5 Å². The lowest BCUT2D eigenvalue weighted by Gasteiger charge is -2.12. The summed E-state index contributed by atoms with van der Waals surface area (Å²) in [7, 11) is -3.74. The van der Waals surface area contributed by atoms with E-state index in [0.29, 0.717) is 22.2 Å². The monoisotopic (exact) mass is 443 g/mol. The van der Waals surface area contributed by atoms with Gasteiger partial charge in [0.25, 0.3) is 0 Å². The molecule has 0 unspecified atom stereocenters. The molecule has 32 heavy (non-hydrogen) atoms. The smallest absolute Gasteiger partial charge is 0.207 e. The zero-order valence-corrected chi connectivity index (χ0v) is 18.8. The number of rotatable bonds is 4. The molecule has 0 saturated carbocycles. The molecular formula is C26H23N2O3S+. The average molecular weight is 444 g/mol. The van der Waals surface area contributed by atoms with Crippen LogP contribution >= 0.6 is 0 Å². The highest BCUT2D eigenvalue weighted by Crippen LogP contribution is 2.35. The zero-order valence-electron chi connectivity index (χ0n) is 17.9. The van der Waals surface area contributed by atoms with E-state index in [1.54, 1.807) is 36.4 Å². The van der Waals surface area contributed by atoms with Gasteiger partial charge in [0.1, 0.15) is 24.3 Å². The van der Waals surface area contributed by atoms with Crippen molar-refractivity contribution >= 4 is 31.7 Å². The molecule has 0 bridgehead atoms. The molecule has 0 saturated heterocycles. The first-order chi connectivity index (χ1) is 15.5. The quantitative estimate of drug-likeness (QED) is 0.229. The van der Waals surface area contributed by atoms with Crippen LogP contribution in [0.4, 0.5) is 0 Å². The highest BCUT2D eigenvalue weighted by molar-refractivity contribution is 7.91. The number of sulfone groups is 1. The van der Waals surface area contributed by atoms with Crippen molar-refractivity contribution in [2.75, 3.05) is 13.1 Å². The van der Waals surface area contributed by atoms with Gasteiger partial charge in [0, 0.05) is 22.9 Å². The van der Waals surface area contributed by atoms with Crippen LogP contribution in [0, 0.1) is 0 Å². The first-order valence-electron chi connectivity index (χ1n) is 10.7. The molecule has 1 aliphatic carbocycles. The van der Waals surface area contributed by atoms with Crippen LogP contribution in [0.15, 0.2) is 93.1 Å². The third-order valence-electron chi connectivity index (χ3n) is 5.81. The molecule has 3 aromatic carbocycles. The van der Waals surface area contributed by atoms with E-state index in [1.165, 1.54) is 0 Å². The maximum Gasteiger partial charge on any atom is 0.207 e. The predicted octanol–water partition coefficient (Wildman–Crippen LogP) is 4.73. The molecule has 0 amide bonds. The third-order valence-corrected chi connectivity index (χ3v) is 7.62. The fraction of sp³-hybridized carbons (Fsp3) is 0.154. The Hall–Kier alpha value is -3.51. The van der Waals surface area contributed by atoms with Crippen LogP contribution in [0.3, 0.4) is 0 Å². The zero-order chi connectivity index (χ0) is 22.3. The fourth-order valence-electron chi connectivity index (χ4n) is 4.15. The lowest BCUT2D eigenvalue weighted by atomic mass is 10.1. The molecule has 3 aromatic rings. The van der Waals surface area contributed by atoms with E-state index in [4.69, 9.17) is 9.40 Å². The lowest BCUT2D eigenvalue weighted by molar-refractivity contribution is 0.592. The standard InChI is InChI=1S/C26H23N2O3S/c1-3-28(4-2)18-14-15-22-23(16-18)31-24-17-25(32(29,30)19-10-6-5-7-11-19)20-12-8-9-13-21(20)26(24)27-22/h5-17H,3-4H2,1-2H3/q+1. The van der Waals surface area contributed by atoms with Gasteiger partial charge in [-0.05, 0) is 32.0 Å². The number of nitrogens with zero attached hydrogens (tertiary/aromatic N) is 2. The molecule has 0 N–H and O–H groups in total. The first kappa shape index (κ1) is 20.4. The van der Waals surface area contributed by atoms with Crippen LogP contribution < -0.4 is 9.93 Å². The molecule has 6 heteroatoms. The molecule has 1 aliphatic heterocycles. The number of fused-ring (bicyclic) bond motifs is 4. The molecular weight excluding hydrogens is 420 g/mol. The number of hydrogen-bond donors (Lipinski definition) is 0. The average Bonchev–Trinajstić information content (AvgIpc) is 2.83. The van der Waals surface area contributed by atoms with E-state index in [-0.39, 0.29) is 9.79 Å². The van der Waals surface area contributed by atoms with Gasteiger partial charge in [-0.25, -0.2) is 18.0 Å². The van der Waals surface area contributed by atoms with Crippen molar-refractivity contribution in [2.45, 2.75) is 23.6 Å². The molecule has 5 rings (SSSR count). The van der Waals surface area contributed by atoms with Crippen LogP contribution in [0.25, 0.3) is 33.3 Å². The van der Waals surface area contributed by atoms with Crippen LogP contribution in [-0.4, -0.2) is 26.5 Å². The second-order valence-corrected chi connectivity index (χ2v) is 9.54. The SMILES string of the molecule is CC[N+](CC)=c1ccc2nc3c(cc(S(=O)(=O)c4ccccc4)c4ccccc43)oc-2c1. The van der Waals surface area contributed by atoms with E-state index < -0.39 is 9.84 Å². The fourth-order valence-corrected chi connectivity index (χ4v) is 5.64. The second kappa shape index (κ2) is 7.88. The lowest BCUT2D eigenvalue weighted by Crippen LogP contribution is -2.29. The molecule has 0 radical (unpaired) electrons. The Labute approximate surface area is 186 Å². The Balaban J connectivity index is 1.87. The summed E-state index contributed by atoms with van der Waals surface area (Å²) in [6, 6.07) is 23.5. The maximum absolute atomic E-state index is 13.5. The Morgan fingerprint density at radius 2 is 1.53 bits per heavy atom. The summed E-state index contributed by atoms with van der Waals surface area (Å²) < 4.78 is 35.5. The van der Waals surface area contributed by atoms with Crippen molar-refractivity contribution in [2.24, 2.45) is 0 Å². The molecule has 160 valence electrons. The van der Waals surface area contributed by atoms with E-state index in [2.05, 4.69) is 18.4 Å². The van der Waals surface area contributed by atoms with Gasteiger partial charge in [0.15, 0.2) is 11.3 Å². The minimum absolute atomic E-state index is 0.219. The van der Waals surface area contributed by atoms with Gasteiger partial charge in [-0.2, -0.15) is 0 Å². The molecule has 5 nitrogen and oxygen atoms in total. The minimum atomic E-state index is -3.74. The second-order valence-electron chi connectivity index (χ2n) is 7.62. The van der Waals surface area contributed by atoms with Crippen molar-refractivity contribution in [3.05, 3.63) is 84.2 Å². The van der Waals surface area contributed by atoms with Crippen molar-refractivity contribution in [1.82, 2.24) is 9.56 Å². The number of benzene rings is 4. The molecule has 2 aliphatic rings. The van der Waals surface area contributed by atoms with Gasteiger partial charge < -0.3 is 4.42 Å². The highest BCUT2D eigenvalue weighted by Gasteiger charge is 2.23. The van der Waals surface area contributed by atoms with Gasteiger partial charge in [0.05, 0.1) is 15.9 Å². The van der Waals surface area contributed by atoms with E-state index in [9.17, 15) is 8.42 Å². The van der Waals surface area contributed by atoms with Crippen molar-refractivity contribution in [1.29, 1.82) is 0 Å². The number of aromatic nitrogens is 1. The Kier molecular flexibility index (Phi) is 5.02. The summed E-state index contributed by atoms with van der Waals surface area (Å²) in [5, 5.41) is 2.42. The molecule has 0 aromatic heterocycles. The Morgan fingerprint density at radius 1 is 0.844 bits per heavy atom. The molecule has 0 atom stereocenters. The van der Waals surface area contributed by atoms with Gasteiger partial charge in [-0.3, -0.25) is 0 Å². The Morgan fingerprint density at radius 3 is 2.25 bits per heavy atom. The van der Waals surface area contributed by atoms with Gasteiger partial charge in [-0.15, -0.1) is 0 Å². The normalized spacial score (nSPS) is 11.9. The number of hydrogen-bond acceptors (Lipinski definition) is 4. The summed E-state index contributed by atoms with van der Waals surface area (Å²) in [6.45, 7) is 5.98. The van der Waals surface area contributed by atoms with E-state index in [0.717, 1.165) is 29.5 Å². The topological polar surface area (TPSA) is 63.2 Å². The Bertz CT molecular complexity index is 1600. The van der Waals surface area contributed by atoms with Gasteiger partial charge in [-0.1, -0.05) is 42.5 Å². The highest BCUT2D eigenvalue weighted by atomic mass is 32.2. The van der Waals surface area contributed by atoms with Crippen molar-refractivity contribution in [3.63, 3.8) is 0 Å². The summed E-state index contributed by atoms with van der Waals surface area (Å²) in [6.07, 6.45) is 0. The van der Waals surface area contributed by atoms with E-state index in [1.807, 2.05) is 42.5 Å². The first-order valence-corrected chi connectivity index (χ1v) is 12.2. The molecule has 0 spiro atoms. The summed E-state index contributed by atoms with van der Waals surface area (Å²) in [5.41, 5.74) is 1.83. The van der Waals surface area contributed by atoms with Crippen LogP contribution in [-0.2, 0) is 9.84 Å². The van der Waals surface area contributed by atoms with Crippen LogP contribution in [0.2, 0.25) is 0 Å². The van der Waals surface area contributed by atoms with Crippen LogP contribution in [0.5, 0.6) is 0 Å². The van der Waals surface area contributed by atoms with Gasteiger partial charge >= 0.3 is 0 Å². The summed E-state index contributed by atoms with van der Waals surface area (Å²) in [5.74, 6) is 0.625. The third kappa shape index (κ3) is 3.28. The van der Waals surface area contributed by atoms with Gasteiger partial charge in [0.2, 0.25) is 15.2 Å². The van der Waals surface area contributed by atoms with Crippen molar-refractivity contribution < 1.29 is 12.8 Å². The minimum Gasteiger partial charge on any atom is -0.452 e. The summed E-state index contributed by atoms with van der Waals surface area (Å²) >= 11 is 0. The predicted molar refractivity (Wildman–Crippen MR) is 126 cm³/mol. The largest absolute Gasteiger partial charge is 0.452 e. The molecule has 1 heterocycles. The summed E-state index contributed by atoms with van der Waals surface area (Å²) in [4.78, 5) is 5.32. The molecule has 0 fully saturated rings. The maximum atomic E-state index is 13.5. The van der Waals surface area contributed by atoms with E-state index >= 15 is 0 Å². The van der Waals surface area contributed by atoms with Crippen LogP contribution in [0.1, 0.15) is 13.8 Å².